The number of benzene rings is 2. The van der Waals surface area contributed by atoms with Crippen molar-refractivity contribution in [2.45, 2.75) is 46.3 Å². The molecular formula is C22H30N2O2S. The molecule has 0 saturated carbocycles. The van der Waals surface area contributed by atoms with Crippen LogP contribution in [-0.4, -0.2) is 18.3 Å². The van der Waals surface area contributed by atoms with E-state index in [2.05, 4.69) is 36.6 Å². The minimum absolute atomic E-state index is 0.138. The second kappa shape index (κ2) is 10.2. The molecule has 0 spiro atoms. The number of ether oxygens (including phenoxy) is 2. The highest BCUT2D eigenvalue weighted by molar-refractivity contribution is 7.80. The smallest absolute Gasteiger partial charge is 0.171 e. The number of hydrogen-bond acceptors (Lipinski definition) is 3. The van der Waals surface area contributed by atoms with Crippen LogP contribution in [0.25, 0.3) is 0 Å². The molecule has 0 aliphatic heterocycles. The van der Waals surface area contributed by atoms with Crippen LogP contribution in [0.5, 0.6) is 11.5 Å². The zero-order chi connectivity index (χ0) is 19.8. The van der Waals surface area contributed by atoms with Gasteiger partial charge in [-0.25, -0.2) is 0 Å². The third-order valence-corrected chi connectivity index (χ3v) is 4.23. The van der Waals surface area contributed by atoms with E-state index in [-0.39, 0.29) is 12.1 Å². The Hall–Kier alpha value is -2.27. The van der Waals surface area contributed by atoms with Gasteiger partial charge in [-0.3, -0.25) is 0 Å². The van der Waals surface area contributed by atoms with Crippen LogP contribution in [0.1, 0.15) is 45.7 Å². The first-order valence-electron chi connectivity index (χ1n) is 9.35. The summed E-state index contributed by atoms with van der Waals surface area (Å²) >= 11 is 5.54. The minimum Gasteiger partial charge on any atom is -0.497 e. The Labute approximate surface area is 168 Å². The first-order valence-corrected chi connectivity index (χ1v) is 9.76. The number of thiocarbonyl (C=S) groups is 1. The molecule has 0 unspecified atom stereocenters. The van der Waals surface area contributed by atoms with Crippen molar-refractivity contribution in [3.63, 3.8) is 0 Å². The molecule has 5 heteroatoms. The van der Waals surface area contributed by atoms with Crippen molar-refractivity contribution in [1.82, 2.24) is 5.32 Å². The Morgan fingerprint density at radius 3 is 2.04 bits per heavy atom. The summed E-state index contributed by atoms with van der Waals surface area (Å²) in [6.45, 7) is 8.45. The summed E-state index contributed by atoms with van der Waals surface area (Å²) in [7, 11) is 1.68. The average molecular weight is 387 g/mol. The van der Waals surface area contributed by atoms with Crippen molar-refractivity contribution < 1.29 is 9.47 Å². The topological polar surface area (TPSA) is 42.5 Å². The molecule has 146 valence electrons. The van der Waals surface area contributed by atoms with E-state index < -0.39 is 0 Å². The Bertz CT molecular complexity index is 712. The van der Waals surface area contributed by atoms with Gasteiger partial charge in [0.1, 0.15) is 11.5 Å². The first-order chi connectivity index (χ1) is 12.9. The fourth-order valence-corrected chi connectivity index (χ4v) is 3.06. The van der Waals surface area contributed by atoms with Gasteiger partial charge in [0.25, 0.3) is 0 Å². The van der Waals surface area contributed by atoms with Gasteiger partial charge in [0.2, 0.25) is 0 Å². The zero-order valence-electron chi connectivity index (χ0n) is 16.8. The summed E-state index contributed by atoms with van der Waals surface area (Å²) in [4.78, 5) is 0. The predicted octanol–water partition coefficient (Wildman–Crippen LogP) is 5.56. The molecular weight excluding hydrogens is 356 g/mol. The van der Waals surface area contributed by atoms with Gasteiger partial charge in [0.05, 0.1) is 19.3 Å². The van der Waals surface area contributed by atoms with Gasteiger partial charge in [0, 0.05) is 5.69 Å². The normalized spacial score (nSPS) is 12.0. The summed E-state index contributed by atoms with van der Waals surface area (Å²) in [6.07, 6.45) is 1.14. The van der Waals surface area contributed by atoms with Crippen molar-refractivity contribution in [2.75, 3.05) is 12.4 Å². The maximum absolute atomic E-state index is 5.67. The van der Waals surface area contributed by atoms with E-state index in [0.717, 1.165) is 23.6 Å². The van der Waals surface area contributed by atoms with E-state index >= 15 is 0 Å². The SMILES string of the molecule is COc1ccc([C@@H](CC(C)C)NC(=S)Nc2ccc(OC(C)C)cc2)cc1. The summed E-state index contributed by atoms with van der Waals surface area (Å²) in [5, 5.41) is 7.31. The van der Waals surface area contributed by atoms with Crippen LogP contribution in [0.4, 0.5) is 5.69 Å². The largest absolute Gasteiger partial charge is 0.497 e. The number of hydrogen-bond donors (Lipinski definition) is 2. The molecule has 0 radical (unpaired) electrons. The van der Waals surface area contributed by atoms with Crippen LogP contribution in [-0.2, 0) is 0 Å². The molecule has 4 nitrogen and oxygen atoms in total. The van der Waals surface area contributed by atoms with Gasteiger partial charge < -0.3 is 20.1 Å². The number of anilines is 1. The van der Waals surface area contributed by atoms with E-state index in [1.807, 2.05) is 50.2 Å². The predicted molar refractivity (Wildman–Crippen MR) is 117 cm³/mol. The molecule has 0 heterocycles. The first kappa shape index (κ1) is 21.0. The second-order valence-corrected chi connectivity index (χ2v) is 7.65. The maximum Gasteiger partial charge on any atom is 0.171 e. The van der Waals surface area contributed by atoms with E-state index in [1.165, 1.54) is 5.56 Å². The zero-order valence-corrected chi connectivity index (χ0v) is 17.6. The van der Waals surface area contributed by atoms with Crippen LogP contribution in [0.15, 0.2) is 48.5 Å². The highest BCUT2D eigenvalue weighted by Crippen LogP contribution is 2.24. The van der Waals surface area contributed by atoms with Crippen molar-refractivity contribution in [2.24, 2.45) is 5.92 Å². The van der Waals surface area contributed by atoms with Crippen molar-refractivity contribution in [3.05, 3.63) is 54.1 Å². The summed E-state index contributed by atoms with van der Waals surface area (Å²) in [5.41, 5.74) is 2.12. The van der Waals surface area contributed by atoms with Crippen LogP contribution in [0, 0.1) is 5.92 Å². The molecule has 2 aromatic carbocycles. The van der Waals surface area contributed by atoms with Gasteiger partial charge in [-0.1, -0.05) is 26.0 Å². The Balaban J connectivity index is 2.02. The minimum atomic E-state index is 0.138. The van der Waals surface area contributed by atoms with Gasteiger partial charge in [0.15, 0.2) is 5.11 Å². The van der Waals surface area contributed by atoms with E-state index in [0.29, 0.717) is 11.0 Å². The average Bonchev–Trinajstić information content (AvgIpc) is 2.62. The molecule has 27 heavy (non-hydrogen) atoms. The van der Waals surface area contributed by atoms with Crippen molar-refractivity contribution in [3.8, 4) is 11.5 Å². The highest BCUT2D eigenvalue weighted by atomic mass is 32.1. The number of nitrogens with one attached hydrogen (secondary N) is 2. The molecule has 2 aromatic rings. The Morgan fingerprint density at radius 1 is 0.926 bits per heavy atom. The second-order valence-electron chi connectivity index (χ2n) is 7.24. The van der Waals surface area contributed by atoms with Crippen molar-refractivity contribution >= 4 is 23.0 Å². The van der Waals surface area contributed by atoms with Crippen LogP contribution < -0.4 is 20.1 Å². The molecule has 0 saturated heterocycles. The summed E-state index contributed by atoms with van der Waals surface area (Å²) < 4.78 is 10.9. The van der Waals surface area contributed by atoms with E-state index in [1.54, 1.807) is 7.11 Å². The lowest BCUT2D eigenvalue weighted by atomic mass is 9.97. The molecule has 0 bridgehead atoms. The number of rotatable bonds is 8. The molecule has 0 fully saturated rings. The quantitative estimate of drug-likeness (QED) is 0.582. The number of methoxy groups -OCH3 is 1. The lowest BCUT2D eigenvalue weighted by Gasteiger charge is -2.23. The van der Waals surface area contributed by atoms with Gasteiger partial charge in [-0.2, -0.15) is 0 Å². The standard InChI is InChI=1S/C22H30N2O2S/c1-15(2)14-21(17-6-10-19(25-5)11-7-17)24-22(27)23-18-8-12-20(13-9-18)26-16(3)4/h6-13,15-16,21H,14H2,1-5H3,(H2,23,24,27)/t21-/m1/s1. The summed E-state index contributed by atoms with van der Waals surface area (Å²) in [6, 6.07) is 16.1. The highest BCUT2D eigenvalue weighted by Gasteiger charge is 2.15. The monoisotopic (exact) mass is 386 g/mol. The molecule has 0 aromatic heterocycles. The Kier molecular flexibility index (Phi) is 7.92. The third kappa shape index (κ3) is 7.10. The van der Waals surface area contributed by atoms with Crippen LogP contribution >= 0.6 is 12.2 Å². The fraction of sp³-hybridized carbons (Fsp3) is 0.409. The van der Waals surface area contributed by atoms with Crippen molar-refractivity contribution in [1.29, 1.82) is 0 Å². The molecule has 0 aliphatic rings. The maximum atomic E-state index is 5.67. The van der Waals surface area contributed by atoms with Crippen LogP contribution in [0.3, 0.4) is 0 Å². The molecule has 2 N–H and O–H groups in total. The molecule has 0 amide bonds. The molecule has 2 rings (SSSR count). The van der Waals surface area contributed by atoms with E-state index in [4.69, 9.17) is 21.7 Å². The third-order valence-electron chi connectivity index (χ3n) is 4.01. The van der Waals surface area contributed by atoms with Gasteiger partial charge in [-0.15, -0.1) is 0 Å². The molecule has 0 aliphatic carbocycles. The van der Waals surface area contributed by atoms with Gasteiger partial charge in [-0.05, 0) is 80.4 Å². The van der Waals surface area contributed by atoms with E-state index in [9.17, 15) is 0 Å². The van der Waals surface area contributed by atoms with Crippen LogP contribution in [0.2, 0.25) is 0 Å². The summed E-state index contributed by atoms with van der Waals surface area (Å²) in [5.74, 6) is 2.25. The lowest BCUT2D eigenvalue weighted by molar-refractivity contribution is 0.242. The Morgan fingerprint density at radius 2 is 1.52 bits per heavy atom. The molecule has 1 atom stereocenters. The lowest BCUT2D eigenvalue weighted by Crippen LogP contribution is -2.33. The fourth-order valence-electron chi connectivity index (χ4n) is 2.80. The van der Waals surface area contributed by atoms with Gasteiger partial charge >= 0.3 is 0 Å².